The Labute approximate surface area is 124 Å². The molecule has 0 radical (unpaired) electrons. The van der Waals surface area contributed by atoms with Gasteiger partial charge in [0.2, 0.25) is 0 Å². The van der Waals surface area contributed by atoms with Crippen LogP contribution in [0.15, 0.2) is 48.5 Å². The van der Waals surface area contributed by atoms with Crippen molar-refractivity contribution in [2.24, 2.45) is 0 Å². The number of benzene rings is 2. The number of halogens is 1. The van der Waals surface area contributed by atoms with Gasteiger partial charge in [0.25, 0.3) is 5.91 Å². The minimum atomic E-state index is -0.0727. The third kappa shape index (κ3) is 3.84. The second kappa shape index (κ2) is 7.11. The van der Waals surface area contributed by atoms with E-state index in [0.29, 0.717) is 18.0 Å². The van der Waals surface area contributed by atoms with Crippen molar-refractivity contribution in [2.75, 3.05) is 0 Å². The summed E-state index contributed by atoms with van der Waals surface area (Å²) >= 11 is 5.77. The Balaban J connectivity index is 1.97. The molecule has 1 amide bonds. The van der Waals surface area contributed by atoms with E-state index in [1.807, 2.05) is 30.3 Å². The minimum absolute atomic E-state index is 0.0727. The van der Waals surface area contributed by atoms with E-state index in [4.69, 9.17) is 11.6 Å². The largest absolute Gasteiger partial charge is 0.348 e. The molecular formula is C17H18ClNO. The predicted octanol–water partition coefficient (Wildman–Crippen LogP) is 3.92. The van der Waals surface area contributed by atoms with Gasteiger partial charge < -0.3 is 5.32 Å². The molecule has 104 valence electrons. The van der Waals surface area contributed by atoms with E-state index in [9.17, 15) is 4.79 Å². The van der Waals surface area contributed by atoms with Gasteiger partial charge in [-0.05, 0) is 35.2 Å². The molecule has 0 aliphatic carbocycles. The molecule has 0 unspecified atom stereocenters. The molecule has 2 nitrogen and oxygen atoms in total. The van der Waals surface area contributed by atoms with Crippen LogP contribution < -0.4 is 5.32 Å². The molecule has 0 bridgehead atoms. The predicted molar refractivity (Wildman–Crippen MR) is 83.0 cm³/mol. The third-order valence-corrected chi connectivity index (χ3v) is 3.54. The van der Waals surface area contributed by atoms with Crippen LogP contribution in [0.25, 0.3) is 0 Å². The summed E-state index contributed by atoms with van der Waals surface area (Å²) in [4.78, 5) is 12.1. The van der Waals surface area contributed by atoms with Crippen LogP contribution in [-0.2, 0) is 18.8 Å². The van der Waals surface area contributed by atoms with E-state index in [1.165, 1.54) is 5.56 Å². The Morgan fingerprint density at radius 2 is 1.75 bits per heavy atom. The van der Waals surface area contributed by atoms with Crippen molar-refractivity contribution in [1.82, 2.24) is 5.32 Å². The van der Waals surface area contributed by atoms with Gasteiger partial charge in [-0.25, -0.2) is 0 Å². The van der Waals surface area contributed by atoms with Crippen LogP contribution in [0.2, 0.25) is 0 Å². The molecule has 0 aromatic heterocycles. The van der Waals surface area contributed by atoms with E-state index >= 15 is 0 Å². The van der Waals surface area contributed by atoms with Crippen LogP contribution in [0.4, 0.5) is 0 Å². The van der Waals surface area contributed by atoms with Gasteiger partial charge in [-0.15, -0.1) is 11.6 Å². The molecule has 0 saturated heterocycles. The van der Waals surface area contributed by atoms with E-state index in [-0.39, 0.29) is 5.91 Å². The van der Waals surface area contributed by atoms with E-state index in [1.54, 1.807) is 6.07 Å². The van der Waals surface area contributed by atoms with Crippen molar-refractivity contribution in [3.05, 3.63) is 70.8 Å². The number of hydrogen-bond donors (Lipinski definition) is 1. The topological polar surface area (TPSA) is 29.1 Å². The molecule has 0 atom stereocenters. The number of rotatable bonds is 5. The maximum Gasteiger partial charge on any atom is 0.251 e. The van der Waals surface area contributed by atoms with Crippen molar-refractivity contribution in [2.45, 2.75) is 25.8 Å². The molecule has 0 fully saturated rings. The zero-order valence-corrected chi connectivity index (χ0v) is 12.3. The Hall–Kier alpha value is -1.80. The van der Waals surface area contributed by atoms with Gasteiger partial charge in [-0.2, -0.15) is 0 Å². The van der Waals surface area contributed by atoms with E-state index in [2.05, 4.69) is 24.4 Å². The van der Waals surface area contributed by atoms with E-state index < -0.39 is 0 Å². The van der Waals surface area contributed by atoms with Crippen molar-refractivity contribution < 1.29 is 4.79 Å². The molecule has 1 N–H and O–H groups in total. The summed E-state index contributed by atoms with van der Waals surface area (Å²) in [6.45, 7) is 2.66. The van der Waals surface area contributed by atoms with Crippen LogP contribution in [0.1, 0.15) is 34.0 Å². The lowest BCUT2D eigenvalue weighted by Crippen LogP contribution is -2.22. The molecule has 0 spiro atoms. The molecule has 0 aliphatic rings. The van der Waals surface area contributed by atoms with E-state index in [0.717, 1.165) is 17.5 Å². The number of carbonyl (C=O) groups is 1. The van der Waals surface area contributed by atoms with Gasteiger partial charge >= 0.3 is 0 Å². The van der Waals surface area contributed by atoms with Crippen LogP contribution in [-0.4, -0.2) is 5.91 Å². The van der Waals surface area contributed by atoms with Gasteiger partial charge in [0.15, 0.2) is 0 Å². The number of hydrogen-bond acceptors (Lipinski definition) is 1. The molecule has 0 heterocycles. The number of carbonyl (C=O) groups excluding carboxylic acids is 1. The van der Waals surface area contributed by atoms with Crippen LogP contribution in [0.5, 0.6) is 0 Å². The highest BCUT2D eigenvalue weighted by atomic mass is 35.5. The molecule has 20 heavy (non-hydrogen) atoms. The minimum Gasteiger partial charge on any atom is -0.348 e. The monoisotopic (exact) mass is 287 g/mol. The number of amides is 1. The summed E-state index contributed by atoms with van der Waals surface area (Å²) in [6, 6.07) is 15.7. The van der Waals surface area contributed by atoms with Gasteiger partial charge in [0.1, 0.15) is 0 Å². The summed E-state index contributed by atoms with van der Waals surface area (Å²) in [5.41, 5.74) is 4.00. The van der Waals surface area contributed by atoms with Crippen LogP contribution in [0, 0.1) is 0 Å². The highest BCUT2D eigenvalue weighted by Gasteiger charge is 2.05. The zero-order chi connectivity index (χ0) is 14.4. The van der Waals surface area contributed by atoms with Crippen molar-refractivity contribution in [1.29, 1.82) is 0 Å². The lowest BCUT2D eigenvalue weighted by atomic mass is 10.1. The second-order valence-electron chi connectivity index (χ2n) is 4.69. The maximum atomic E-state index is 12.1. The highest BCUT2D eigenvalue weighted by molar-refractivity contribution is 6.17. The molecule has 0 aliphatic heterocycles. The lowest BCUT2D eigenvalue weighted by molar-refractivity contribution is 0.0951. The smallest absolute Gasteiger partial charge is 0.251 e. The summed E-state index contributed by atoms with van der Waals surface area (Å²) in [5.74, 6) is 0.344. The van der Waals surface area contributed by atoms with Gasteiger partial charge in [-0.1, -0.05) is 43.3 Å². The summed E-state index contributed by atoms with van der Waals surface area (Å²) in [7, 11) is 0. The Bertz CT molecular complexity index is 578. The molecule has 2 rings (SSSR count). The van der Waals surface area contributed by atoms with Gasteiger partial charge in [0, 0.05) is 18.0 Å². The zero-order valence-electron chi connectivity index (χ0n) is 11.5. The second-order valence-corrected chi connectivity index (χ2v) is 4.95. The quantitative estimate of drug-likeness (QED) is 0.830. The summed E-state index contributed by atoms with van der Waals surface area (Å²) in [5, 5.41) is 2.92. The first kappa shape index (κ1) is 14.6. The molecule has 2 aromatic rings. The SMILES string of the molecule is CCc1ccc(CNC(=O)c2cccc(CCl)c2)cc1. The first-order valence-electron chi connectivity index (χ1n) is 6.74. The number of nitrogens with one attached hydrogen (secondary N) is 1. The van der Waals surface area contributed by atoms with Crippen molar-refractivity contribution in [3.8, 4) is 0 Å². The normalized spacial score (nSPS) is 10.3. The Morgan fingerprint density at radius 3 is 2.40 bits per heavy atom. The van der Waals surface area contributed by atoms with Crippen molar-refractivity contribution in [3.63, 3.8) is 0 Å². The summed E-state index contributed by atoms with van der Waals surface area (Å²) < 4.78 is 0. The first-order chi connectivity index (χ1) is 9.72. The molecule has 2 aromatic carbocycles. The van der Waals surface area contributed by atoms with Crippen LogP contribution in [0.3, 0.4) is 0 Å². The lowest BCUT2D eigenvalue weighted by Gasteiger charge is -2.07. The first-order valence-corrected chi connectivity index (χ1v) is 7.27. The third-order valence-electron chi connectivity index (χ3n) is 3.23. The maximum absolute atomic E-state index is 12.1. The fourth-order valence-corrected chi connectivity index (χ4v) is 2.14. The molecular weight excluding hydrogens is 270 g/mol. The van der Waals surface area contributed by atoms with Gasteiger partial charge in [0.05, 0.1) is 0 Å². The number of aryl methyl sites for hydroxylation is 1. The molecule has 0 saturated carbocycles. The van der Waals surface area contributed by atoms with Crippen molar-refractivity contribution >= 4 is 17.5 Å². The number of alkyl halides is 1. The average molecular weight is 288 g/mol. The van der Waals surface area contributed by atoms with Gasteiger partial charge in [-0.3, -0.25) is 4.79 Å². The highest BCUT2D eigenvalue weighted by Crippen LogP contribution is 2.09. The Kier molecular flexibility index (Phi) is 5.19. The average Bonchev–Trinajstić information content (AvgIpc) is 2.53. The molecule has 3 heteroatoms. The fraction of sp³-hybridized carbons (Fsp3) is 0.235. The summed E-state index contributed by atoms with van der Waals surface area (Å²) in [6.07, 6.45) is 1.03. The Morgan fingerprint density at radius 1 is 1.05 bits per heavy atom. The van der Waals surface area contributed by atoms with Crippen LogP contribution >= 0.6 is 11.6 Å². The fourth-order valence-electron chi connectivity index (χ4n) is 1.97. The standard InChI is InChI=1S/C17H18ClNO/c1-2-13-6-8-14(9-7-13)12-19-17(20)16-5-3-4-15(10-16)11-18/h3-10H,2,11-12H2,1H3,(H,19,20).